The Hall–Kier alpha value is -1.10. The first-order chi connectivity index (χ1) is 9.24. The Bertz CT molecular complexity index is 724. The maximum Gasteiger partial charge on any atom is 0.142 e. The van der Waals surface area contributed by atoms with Crippen LogP contribution >= 0.6 is 34.7 Å². The van der Waals surface area contributed by atoms with Crippen LogP contribution in [0.2, 0.25) is 5.15 Å². The molecule has 0 spiro atoms. The van der Waals surface area contributed by atoms with Crippen molar-refractivity contribution in [3.05, 3.63) is 52.3 Å². The van der Waals surface area contributed by atoms with Crippen LogP contribution in [0.15, 0.2) is 40.6 Å². The van der Waals surface area contributed by atoms with Gasteiger partial charge >= 0.3 is 0 Å². The molecule has 1 aromatic carbocycles. The maximum atomic E-state index is 6.16. The van der Waals surface area contributed by atoms with Crippen LogP contribution < -0.4 is 0 Å². The average Bonchev–Trinajstić information content (AvgIpc) is 2.87. The molecular formula is C14H11ClN2S2. The molecule has 96 valence electrons. The fourth-order valence-corrected chi connectivity index (χ4v) is 3.76. The van der Waals surface area contributed by atoms with Crippen LogP contribution in [0.1, 0.15) is 11.4 Å². The van der Waals surface area contributed by atoms with E-state index in [0.29, 0.717) is 5.15 Å². The zero-order valence-corrected chi connectivity index (χ0v) is 12.6. The Morgan fingerprint density at radius 1 is 1.21 bits per heavy atom. The Balaban J connectivity index is 1.84. The highest BCUT2D eigenvalue weighted by Gasteiger charge is 2.08. The third kappa shape index (κ3) is 2.76. The van der Waals surface area contributed by atoms with Gasteiger partial charge in [-0.25, -0.2) is 9.97 Å². The Morgan fingerprint density at radius 2 is 2.05 bits per heavy atom. The molecule has 2 nitrogen and oxygen atoms in total. The van der Waals surface area contributed by atoms with Gasteiger partial charge in [0, 0.05) is 10.3 Å². The molecule has 19 heavy (non-hydrogen) atoms. The van der Waals surface area contributed by atoms with Crippen molar-refractivity contribution in [1.29, 1.82) is 0 Å². The summed E-state index contributed by atoms with van der Waals surface area (Å²) in [6.45, 7) is 2.11. The molecule has 3 aromatic rings. The lowest BCUT2D eigenvalue weighted by Crippen LogP contribution is -1.93. The summed E-state index contributed by atoms with van der Waals surface area (Å²) >= 11 is 9.50. The van der Waals surface area contributed by atoms with E-state index in [9.17, 15) is 0 Å². The number of fused-ring (bicyclic) bond motifs is 1. The molecule has 0 saturated heterocycles. The molecular weight excluding hydrogens is 296 g/mol. The van der Waals surface area contributed by atoms with Gasteiger partial charge in [0.05, 0.1) is 5.75 Å². The first-order valence-electron chi connectivity index (χ1n) is 5.82. The summed E-state index contributed by atoms with van der Waals surface area (Å²) < 4.78 is 0. The second-order valence-electron chi connectivity index (χ2n) is 4.12. The molecule has 0 atom stereocenters. The number of thioether (sulfide) groups is 1. The van der Waals surface area contributed by atoms with E-state index in [1.165, 1.54) is 10.5 Å². The van der Waals surface area contributed by atoms with Gasteiger partial charge in [0.2, 0.25) is 0 Å². The fraction of sp³-hybridized carbons (Fsp3) is 0.143. The first kappa shape index (κ1) is 12.9. The van der Waals surface area contributed by atoms with Crippen molar-refractivity contribution in [2.45, 2.75) is 17.6 Å². The molecule has 0 radical (unpaired) electrons. The number of benzene rings is 1. The summed E-state index contributed by atoms with van der Waals surface area (Å²) in [7, 11) is 0. The van der Waals surface area contributed by atoms with Crippen molar-refractivity contribution in [1.82, 2.24) is 9.97 Å². The minimum atomic E-state index is 0.548. The van der Waals surface area contributed by atoms with Crippen molar-refractivity contribution in [2.24, 2.45) is 0 Å². The second kappa shape index (κ2) is 5.49. The SMILES string of the molecule is Cc1ccccc1SCc1nc(Cl)c2ccsc2n1. The van der Waals surface area contributed by atoms with E-state index in [0.717, 1.165) is 21.8 Å². The van der Waals surface area contributed by atoms with Crippen LogP contribution in [0.25, 0.3) is 10.2 Å². The van der Waals surface area contributed by atoms with E-state index in [1.807, 2.05) is 23.6 Å². The lowest BCUT2D eigenvalue weighted by molar-refractivity contribution is 1.07. The molecule has 0 fully saturated rings. The molecule has 0 unspecified atom stereocenters. The monoisotopic (exact) mass is 306 g/mol. The quantitative estimate of drug-likeness (QED) is 0.506. The second-order valence-corrected chi connectivity index (χ2v) is 6.39. The Kier molecular flexibility index (Phi) is 3.73. The lowest BCUT2D eigenvalue weighted by atomic mass is 10.2. The van der Waals surface area contributed by atoms with Crippen molar-refractivity contribution in [3.8, 4) is 0 Å². The molecule has 5 heteroatoms. The van der Waals surface area contributed by atoms with Crippen LogP contribution in [-0.2, 0) is 5.75 Å². The molecule has 0 bridgehead atoms. The van der Waals surface area contributed by atoms with E-state index in [-0.39, 0.29) is 0 Å². The van der Waals surface area contributed by atoms with Gasteiger partial charge in [-0.15, -0.1) is 23.1 Å². The molecule has 0 amide bonds. The zero-order chi connectivity index (χ0) is 13.2. The van der Waals surface area contributed by atoms with Gasteiger partial charge in [-0.05, 0) is 30.0 Å². The van der Waals surface area contributed by atoms with Crippen molar-refractivity contribution < 1.29 is 0 Å². The molecule has 0 aliphatic heterocycles. The average molecular weight is 307 g/mol. The van der Waals surface area contributed by atoms with Crippen molar-refractivity contribution in [3.63, 3.8) is 0 Å². The molecule has 0 N–H and O–H groups in total. The van der Waals surface area contributed by atoms with Crippen LogP contribution in [0.3, 0.4) is 0 Å². The molecule has 3 rings (SSSR count). The van der Waals surface area contributed by atoms with E-state index in [4.69, 9.17) is 11.6 Å². The fourth-order valence-electron chi connectivity index (χ4n) is 1.79. The molecule has 0 aliphatic rings. The van der Waals surface area contributed by atoms with Crippen LogP contribution in [-0.4, -0.2) is 9.97 Å². The van der Waals surface area contributed by atoms with Gasteiger partial charge in [-0.3, -0.25) is 0 Å². The van der Waals surface area contributed by atoms with Crippen molar-refractivity contribution in [2.75, 3.05) is 0 Å². The van der Waals surface area contributed by atoms with Crippen LogP contribution in [0.4, 0.5) is 0 Å². The van der Waals surface area contributed by atoms with Gasteiger partial charge in [0.25, 0.3) is 0 Å². The maximum absolute atomic E-state index is 6.16. The van der Waals surface area contributed by atoms with Crippen LogP contribution in [0, 0.1) is 6.92 Å². The van der Waals surface area contributed by atoms with E-state index in [2.05, 4.69) is 29.0 Å². The first-order valence-corrected chi connectivity index (χ1v) is 8.06. The van der Waals surface area contributed by atoms with Crippen molar-refractivity contribution >= 4 is 44.9 Å². The third-order valence-corrected chi connectivity index (χ3v) is 5.04. The number of halogens is 1. The summed E-state index contributed by atoms with van der Waals surface area (Å²) in [5.41, 5.74) is 1.27. The number of hydrogen-bond acceptors (Lipinski definition) is 4. The highest BCUT2D eigenvalue weighted by Crippen LogP contribution is 2.28. The lowest BCUT2D eigenvalue weighted by Gasteiger charge is -2.05. The summed E-state index contributed by atoms with van der Waals surface area (Å²) in [5.74, 6) is 1.52. The zero-order valence-electron chi connectivity index (χ0n) is 10.3. The Morgan fingerprint density at radius 3 is 2.89 bits per heavy atom. The van der Waals surface area contributed by atoms with E-state index < -0.39 is 0 Å². The highest BCUT2D eigenvalue weighted by molar-refractivity contribution is 7.98. The Labute approximate surface area is 124 Å². The molecule has 0 aliphatic carbocycles. The number of rotatable bonds is 3. The number of aromatic nitrogens is 2. The van der Waals surface area contributed by atoms with E-state index in [1.54, 1.807) is 23.1 Å². The van der Waals surface area contributed by atoms with Gasteiger partial charge < -0.3 is 0 Å². The highest BCUT2D eigenvalue weighted by atomic mass is 35.5. The topological polar surface area (TPSA) is 25.8 Å². The van der Waals surface area contributed by atoms with Crippen LogP contribution in [0.5, 0.6) is 0 Å². The summed E-state index contributed by atoms with van der Waals surface area (Å²) in [5, 5.41) is 3.48. The number of nitrogens with zero attached hydrogens (tertiary/aromatic N) is 2. The standard InChI is InChI=1S/C14H11ClN2S2/c1-9-4-2-3-5-11(9)19-8-12-16-13(15)10-6-7-18-14(10)17-12/h2-7H,8H2,1H3. The molecule has 2 heterocycles. The predicted octanol–water partition coefficient (Wildman–Crippen LogP) is 4.95. The largest absolute Gasteiger partial charge is 0.221 e. The molecule has 2 aromatic heterocycles. The van der Waals surface area contributed by atoms with Gasteiger partial charge in [0.15, 0.2) is 0 Å². The summed E-state index contributed by atoms with van der Waals surface area (Å²) in [6.07, 6.45) is 0. The number of hydrogen-bond donors (Lipinski definition) is 0. The smallest absolute Gasteiger partial charge is 0.142 e. The number of aryl methyl sites for hydroxylation is 1. The van der Waals surface area contributed by atoms with E-state index >= 15 is 0 Å². The minimum absolute atomic E-state index is 0.548. The molecule has 0 saturated carbocycles. The van der Waals surface area contributed by atoms with Gasteiger partial charge in [-0.2, -0.15) is 0 Å². The normalized spacial score (nSPS) is 11.1. The summed E-state index contributed by atoms with van der Waals surface area (Å²) in [6, 6.07) is 10.3. The minimum Gasteiger partial charge on any atom is -0.221 e. The van der Waals surface area contributed by atoms with Gasteiger partial charge in [0.1, 0.15) is 15.8 Å². The number of thiophene rings is 1. The summed E-state index contributed by atoms with van der Waals surface area (Å²) in [4.78, 5) is 11.1. The predicted molar refractivity (Wildman–Crippen MR) is 83.2 cm³/mol. The van der Waals surface area contributed by atoms with Gasteiger partial charge in [-0.1, -0.05) is 29.8 Å². The third-order valence-electron chi connectivity index (χ3n) is 2.78.